The van der Waals surface area contributed by atoms with Gasteiger partial charge in [0.2, 0.25) is 16.0 Å². The Labute approximate surface area is 163 Å². The third kappa shape index (κ3) is 4.00. The zero-order valence-corrected chi connectivity index (χ0v) is 16.3. The van der Waals surface area contributed by atoms with Crippen LogP contribution in [0.15, 0.2) is 48.9 Å². The highest BCUT2D eigenvalue weighted by molar-refractivity contribution is 7.88. The molecular weight excluding hydrogens is 381 g/mol. The summed E-state index contributed by atoms with van der Waals surface area (Å²) in [4.78, 5) is 8.84. The van der Waals surface area contributed by atoms with Gasteiger partial charge in [-0.2, -0.15) is 0 Å². The number of nitrogens with zero attached hydrogens (tertiary/aromatic N) is 4. The fraction of sp³-hybridized carbons (Fsp3) is 0.368. The summed E-state index contributed by atoms with van der Waals surface area (Å²) in [5.74, 6) is 0.281. The number of fused-ring (bicyclic) bond motifs is 1. The van der Waals surface area contributed by atoms with Gasteiger partial charge in [0.05, 0.1) is 17.8 Å². The molecule has 0 radical (unpaired) electrons. The molecule has 7 nitrogen and oxygen atoms in total. The van der Waals surface area contributed by atoms with Crippen LogP contribution in [0.5, 0.6) is 0 Å². The van der Waals surface area contributed by atoms with E-state index in [9.17, 15) is 12.8 Å². The topological polar surface area (TPSA) is 80.1 Å². The first-order valence-corrected chi connectivity index (χ1v) is 11.1. The number of hydrogen-bond donors (Lipinski definition) is 1. The van der Waals surface area contributed by atoms with Crippen molar-refractivity contribution in [3.05, 3.63) is 54.7 Å². The Morgan fingerprint density at radius 3 is 2.54 bits per heavy atom. The number of rotatable bonds is 5. The zero-order valence-electron chi connectivity index (χ0n) is 15.5. The summed E-state index contributed by atoms with van der Waals surface area (Å²) in [5, 5.41) is 2.82. The van der Waals surface area contributed by atoms with Crippen molar-refractivity contribution in [2.45, 2.75) is 37.8 Å². The molecule has 2 heterocycles. The highest BCUT2D eigenvalue weighted by atomic mass is 32.2. The van der Waals surface area contributed by atoms with E-state index in [-0.39, 0.29) is 17.9 Å². The highest BCUT2D eigenvalue weighted by Crippen LogP contribution is 2.29. The molecule has 4 rings (SSSR count). The first-order valence-electron chi connectivity index (χ1n) is 9.21. The average Bonchev–Trinajstić information content (AvgIpc) is 3.06. The Kier molecular flexibility index (Phi) is 5.03. The summed E-state index contributed by atoms with van der Waals surface area (Å²) in [5.41, 5.74) is 0.866. The van der Waals surface area contributed by atoms with E-state index in [1.165, 1.54) is 18.4 Å². The largest absolute Gasteiger partial charge is 0.257 e. The smallest absolute Gasteiger partial charge is 0.245 e. The standard InChI is InChI=1S/C19H22FN5O2S/c1-28(26,27)23-16-4-6-17(7-5-16)25(19-21-10-2-11-22-19)24-12-9-14-13-15(20)3-8-18(14)24/h2-3,8-13,16-17,23H,4-7H2,1H3. The molecule has 1 aliphatic carbocycles. The fourth-order valence-corrected chi connectivity index (χ4v) is 4.71. The third-order valence-electron chi connectivity index (χ3n) is 5.04. The van der Waals surface area contributed by atoms with E-state index >= 15 is 0 Å². The Morgan fingerprint density at radius 1 is 1.14 bits per heavy atom. The predicted octanol–water partition coefficient (Wildman–Crippen LogP) is 2.70. The number of anilines is 1. The van der Waals surface area contributed by atoms with Crippen LogP contribution in [0.3, 0.4) is 0 Å². The first kappa shape index (κ1) is 18.8. The molecule has 1 saturated carbocycles. The van der Waals surface area contributed by atoms with E-state index < -0.39 is 10.0 Å². The van der Waals surface area contributed by atoms with E-state index in [4.69, 9.17) is 0 Å². The molecule has 1 aromatic carbocycles. The van der Waals surface area contributed by atoms with Crippen molar-refractivity contribution < 1.29 is 12.8 Å². The summed E-state index contributed by atoms with van der Waals surface area (Å²) >= 11 is 0. The molecule has 0 saturated heterocycles. The molecule has 9 heteroatoms. The van der Waals surface area contributed by atoms with E-state index in [0.29, 0.717) is 5.95 Å². The molecule has 0 spiro atoms. The molecule has 1 N–H and O–H groups in total. The van der Waals surface area contributed by atoms with Gasteiger partial charge in [0.25, 0.3) is 0 Å². The van der Waals surface area contributed by atoms with Crippen LogP contribution < -0.4 is 9.73 Å². The van der Waals surface area contributed by atoms with Crippen LogP contribution >= 0.6 is 0 Å². The third-order valence-corrected chi connectivity index (χ3v) is 5.81. The summed E-state index contributed by atoms with van der Waals surface area (Å²) in [6.07, 6.45) is 9.49. The molecule has 1 fully saturated rings. The SMILES string of the molecule is CS(=O)(=O)NC1CCC(N(c2ncccn2)n2ccc3cc(F)ccc32)CC1. The van der Waals surface area contributed by atoms with Gasteiger partial charge >= 0.3 is 0 Å². The van der Waals surface area contributed by atoms with Crippen molar-refractivity contribution in [2.75, 3.05) is 11.3 Å². The quantitative estimate of drug-likeness (QED) is 0.709. The van der Waals surface area contributed by atoms with Gasteiger partial charge in [-0.1, -0.05) is 0 Å². The monoisotopic (exact) mass is 403 g/mol. The second-order valence-corrected chi connectivity index (χ2v) is 8.93. The molecule has 0 atom stereocenters. The van der Waals surface area contributed by atoms with Crippen molar-refractivity contribution in [3.63, 3.8) is 0 Å². The Morgan fingerprint density at radius 2 is 1.86 bits per heavy atom. The van der Waals surface area contributed by atoms with E-state index in [2.05, 4.69) is 14.7 Å². The van der Waals surface area contributed by atoms with E-state index in [1.54, 1.807) is 24.5 Å². The summed E-state index contributed by atoms with van der Waals surface area (Å²) < 4.78 is 41.3. The van der Waals surface area contributed by atoms with Crippen LogP contribution in [0.4, 0.5) is 10.3 Å². The molecule has 0 bridgehead atoms. The molecule has 1 aliphatic rings. The van der Waals surface area contributed by atoms with Gasteiger partial charge in [-0.15, -0.1) is 0 Å². The average molecular weight is 403 g/mol. The van der Waals surface area contributed by atoms with Gasteiger partial charge in [0, 0.05) is 30.0 Å². The maximum absolute atomic E-state index is 13.6. The second kappa shape index (κ2) is 7.48. The number of aromatic nitrogens is 3. The zero-order chi connectivity index (χ0) is 19.7. The molecular formula is C19H22FN5O2S. The molecule has 0 unspecified atom stereocenters. The molecule has 148 valence electrons. The van der Waals surface area contributed by atoms with Crippen LogP contribution in [-0.2, 0) is 10.0 Å². The van der Waals surface area contributed by atoms with Gasteiger partial charge in [0.1, 0.15) is 5.82 Å². The van der Waals surface area contributed by atoms with Gasteiger partial charge in [-0.05, 0) is 56.0 Å². The van der Waals surface area contributed by atoms with Crippen LogP contribution in [0, 0.1) is 5.82 Å². The van der Waals surface area contributed by atoms with Gasteiger partial charge in [-0.25, -0.2) is 32.5 Å². The maximum Gasteiger partial charge on any atom is 0.245 e. The van der Waals surface area contributed by atoms with E-state index in [1.807, 2.05) is 21.9 Å². The summed E-state index contributed by atoms with van der Waals surface area (Å²) in [6.45, 7) is 0. The van der Waals surface area contributed by atoms with Crippen molar-refractivity contribution in [3.8, 4) is 0 Å². The van der Waals surface area contributed by atoms with Crippen LogP contribution in [0.2, 0.25) is 0 Å². The van der Waals surface area contributed by atoms with E-state index in [0.717, 1.165) is 36.6 Å². The minimum atomic E-state index is -3.22. The molecule has 3 aromatic rings. The van der Waals surface area contributed by atoms with Crippen LogP contribution in [0.25, 0.3) is 10.9 Å². The molecule has 28 heavy (non-hydrogen) atoms. The molecule has 0 amide bonds. The first-order chi connectivity index (χ1) is 13.4. The number of sulfonamides is 1. The minimum absolute atomic E-state index is 0.0553. The lowest BCUT2D eigenvalue weighted by molar-refractivity contribution is 0.345. The number of nitrogens with one attached hydrogen (secondary N) is 1. The van der Waals surface area contributed by atoms with Crippen LogP contribution in [-0.4, -0.2) is 41.4 Å². The van der Waals surface area contributed by atoms with Crippen molar-refractivity contribution in [1.29, 1.82) is 0 Å². The Hall–Kier alpha value is -2.52. The lowest BCUT2D eigenvalue weighted by atomic mass is 9.91. The molecule has 0 aliphatic heterocycles. The van der Waals surface area contributed by atoms with Gasteiger partial charge in [0.15, 0.2) is 0 Å². The number of halogens is 1. The number of hydrogen-bond acceptors (Lipinski definition) is 5. The minimum Gasteiger partial charge on any atom is -0.257 e. The van der Waals surface area contributed by atoms with Crippen molar-refractivity contribution >= 4 is 26.9 Å². The highest BCUT2D eigenvalue weighted by Gasteiger charge is 2.30. The predicted molar refractivity (Wildman–Crippen MR) is 106 cm³/mol. The van der Waals surface area contributed by atoms with Gasteiger partial charge < -0.3 is 0 Å². The van der Waals surface area contributed by atoms with Crippen molar-refractivity contribution in [2.24, 2.45) is 0 Å². The Balaban J connectivity index is 1.66. The maximum atomic E-state index is 13.6. The van der Waals surface area contributed by atoms with Crippen molar-refractivity contribution in [1.82, 2.24) is 19.4 Å². The lowest BCUT2D eigenvalue weighted by Gasteiger charge is -2.37. The van der Waals surface area contributed by atoms with Gasteiger partial charge in [-0.3, -0.25) is 4.68 Å². The second-order valence-electron chi connectivity index (χ2n) is 7.15. The summed E-state index contributed by atoms with van der Waals surface area (Å²) in [6, 6.07) is 8.36. The summed E-state index contributed by atoms with van der Waals surface area (Å²) in [7, 11) is -3.22. The fourth-order valence-electron chi connectivity index (χ4n) is 3.87. The number of benzene rings is 1. The Bertz CT molecular complexity index is 1060. The lowest BCUT2D eigenvalue weighted by Crippen LogP contribution is -2.46. The van der Waals surface area contributed by atoms with Crippen LogP contribution in [0.1, 0.15) is 25.7 Å². The molecule has 2 aromatic heterocycles. The normalized spacial score (nSPS) is 20.4.